The van der Waals surface area contributed by atoms with Gasteiger partial charge in [0.25, 0.3) is 0 Å². The summed E-state index contributed by atoms with van der Waals surface area (Å²) in [6, 6.07) is -2.55. The smallest absolute Gasteiger partial charge is 0.246 e. The van der Waals surface area contributed by atoms with Crippen molar-refractivity contribution in [2.24, 2.45) is 17.6 Å². The van der Waals surface area contributed by atoms with E-state index in [1.165, 1.54) is 19.1 Å². The number of nitrogens with one attached hydrogen (secondary N) is 8. The number of rotatable bonds is 9. The average molecular weight is 857 g/mol. The van der Waals surface area contributed by atoms with Crippen LogP contribution in [0.3, 0.4) is 0 Å². The Morgan fingerprint density at radius 3 is 2.16 bits per heavy atom. The van der Waals surface area contributed by atoms with E-state index in [0.717, 1.165) is 4.90 Å². The number of nitrogens with two attached hydrogens (primary N) is 1. The van der Waals surface area contributed by atoms with E-state index in [2.05, 4.69) is 42.2 Å². The topological polar surface area (TPSA) is 344 Å². The van der Waals surface area contributed by atoms with E-state index in [9.17, 15) is 58.5 Å². The highest BCUT2D eigenvalue weighted by atomic mass is 16.3. The first-order valence-corrected chi connectivity index (χ1v) is 20.0. The Bertz CT molecular complexity index is 2010. The number of phenolic OH excluding ortho intramolecular Hbond substituents is 1. The van der Waals surface area contributed by atoms with Crippen molar-refractivity contribution in [1.29, 1.82) is 0 Å². The lowest BCUT2D eigenvalue weighted by molar-refractivity contribution is -0.143. The summed E-state index contributed by atoms with van der Waals surface area (Å²) in [6.07, 6.45) is -1.63. The fourth-order valence-electron chi connectivity index (χ4n) is 7.28. The summed E-state index contributed by atoms with van der Waals surface area (Å²) in [5.41, 5.74) is 7.04. The number of aromatic hydroxyl groups is 1. The first kappa shape index (κ1) is 47.4. The van der Waals surface area contributed by atoms with Gasteiger partial charge in [0.2, 0.25) is 53.2 Å². The first-order chi connectivity index (χ1) is 28.8. The third-order valence-electron chi connectivity index (χ3n) is 11.0. The third kappa shape index (κ3) is 12.4. The Morgan fingerprint density at radius 1 is 0.836 bits per heavy atom. The summed E-state index contributed by atoms with van der Waals surface area (Å²) >= 11 is 0. The van der Waals surface area contributed by atoms with Crippen LogP contribution in [0.25, 0.3) is 10.9 Å². The van der Waals surface area contributed by atoms with Crippen molar-refractivity contribution in [3.05, 3.63) is 29.5 Å². The molecule has 3 heterocycles. The quantitative estimate of drug-likeness (QED) is 0.115. The normalized spacial score (nSPS) is 24.8. The Morgan fingerprint density at radius 2 is 1.49 bits per heavy atom. The molecule has 334 valence electrons. The zero-order chi connectivity index (χ0) is 45.1. The number of hydrogen-bond donors (Lipinski definition) is 12. The molecule has 13 N–H and O–H groups in total. The van der Waals surface area contributed by atoms with E-state index in [-0.39, 0.29) is 25.1 Å². The Balaban J connectivity index is 1.74. The maximum atomic E-state index is 14.3. The standard InChI is InChI=1S/C39H56N10O12/c1-5-18(2)33-37(59)43-14-30(54)41-15-31(55)45-26(13-29(40)53)39(61)49-10-6-7-27(49)36(58)48-34(19(3)28(52)17-50)38(60)46-25(35(57)42-16-32(56)47-33)12-23-20(4)44-24-11-21(51)8-9-22(23)24/h8-9,11,18-19,25-28,33-34,44,50-52H,5-7,10,12-17H2,1-4H3,(H2,40,53)(H,41,54)(H,42,57)(H,43,59)(H,45,55)(H,46,60)(H,47,56)(H,48,58)/t18?,19-,25?,26?,27?,28?,33?,34?/m0/s1. The molecule has 4 rings (SSSR count). The van der Waals surface area contributed by atoms with Gasteiger partial charge in [0.05, 0.1) is 38.8 Å². The van der Waals surface area contributed by atoms with Crippen molar-refractivity contribution in [3.8, 4) is 5.75 Å². The first-order valence-electron chi connectivity index (χ1n) is 20.0. The molecule has 22 heteroatoms. The van der Waals surface area contributed by atoms with Gasteiger partial charge < -0.3 is 68.2 Å². The molecule has 2 aliphatic rings. The van der Waals surface area contributed by atoms with Crippen molar-refractivity contribution < 1.29 is 58.5 Å². The molecule has 61 heavy (non-hydrogen) atoms. The minimum absolute atomic E-state index is 0.000615. The molecule has 7 unspecified atom stereocenters. The van der Waals surface area contributed by atoms with Crippen molar-refractivity contribution in [2.45, 2.75) is 96.1 Å². The number of primary amides is 1. The number of carbonyl (C=O) groups is 9. The van der Waals surface area contributed by atoms with Crippen LogP contribution in [0.15, 0.2) is 18.2 Å². The largest absolute Gasteiger partial charge is 0.508 e. The van der Waals surface area contributed by atoms with Crippen LogP contribution in [0.5, 0.6) is 5.75 Å². The molecule has 0 radical (unpaired) electrons. The van der Waals surface area contributed by atoms with Crippen LogP contribution in [0, 0.1) is 18.8 Å². The second-order valence-corrected chi connectivity index (χ2v) is 15.4. The lowest BCUT2D eigenvalue weighted by Gasteiger charge is -2.32. The van der Waals surface area contributed by atoms with E-state index in [1.807, 2.05) is 0 Å². The molecule has 1 aromatic heterocycles. The number of carbonyl (C=O) groups excluding carboxylic acids is 9. The molecule has 22 nitrogen and oxygen atoms in total. The number of nitrogens with zero attached hydrogens (tertiary/aromatic N) is 1. The molecule has 1 aromatic carbocycles. The number of aromatic nitrogens is 1. The van der Waals surface area contributed by atoms with Crippen LogP contribution in [0.1, 0.15) is 57.7 Å². The average Bonchev–Trinajstić information content (AvgIpc) is 3.83. The summed E-state index contributed by atoms with van der Waals surface area (Å²) in [5, 5.41) is 48.5. The molecular formula is C39H56N10O12. The predicted molar refractivity (Wildman–Crippen MR) is 215 cm³/mol. The second-order valence-electron chi connectivity index (χ2n) is 15.4. The second kappa shape index (κ2) is 21.3. The summed E-state index contributed by atoms with van der Waals surface area (Å²) < 4.78 is 0. The number of aliphatic hydroxyl groups excluding tert-OH is 2. The van der Waals surface area contributed by atoms with Crippen LogP contribution in [-0.2, 0) is 49.6 Å². The molecule has 0 spiro atoms. The number of amides is 9. The number of fused-ring (bicyclic) bond motifs is 2. The zero-order valence-electron chi connectivity index (χ0n) is 34.5. The highest BCUT2D eigenvalue weighted by Crippen LogP contribution is 2.27. The SMILES string of the molecule is CCC(C)C1NC(=O)CNC(=O)C(Cc2c(C)[nH]c3cc(O)ccc23)NC(=O)C([C@@H](C)C(O)CO)NC(=O)C2CCCN2C(=O)C(CC(N)=O)NC(=O)CNC(=O)CNC1=O. The van der Waals surface area contributed by atoms with Crippen LogP contribution in [-0.4, -0.2) is 147 Å². The molecule has 9 amide bonds. The van der Waals surface area contributed by atoms with Gasteiger partial charge in [-0.15, -0.1) is 0 Å². The van der Waals surface area contributed by atoms with Crippen molar-refractivity contribution in [1.82, 2.24) is 47.1 Å². The number of hydrogen-bond acceptors (Lipinski definition) is 12. The number of H-pyrrole nitrogens is 1. The summed E-state index contributed by atoms with van der Waals surface area (Å²) in [4.78, 5) is 124. The lowest BCUT2D eigenvalue weighted by atomic mass is 9.93. The van der Waals surface area contributed by atoms with Crippen molar-refractivity contribution in [2.75, 3.05) is 32.8 Å². The molecule has 2 aromatic rings. The maximum Gasteiger partial charge on any atom is 0.246 e. The van der Waals surface area contributed by atoms with Gasteiger partial charge in [0, 0.05) is 41.5 Å². The number of aromatic amines is 1. The zero-order valence-corrected chi connectivity index (χ0v) is 34.5. The summed E-state index contributed by atoms with van der Waals surface area (Å²) in [7, 11) is 0. The van der Waals surface area contributed by atoms with E-state index in [4.69, 9.17) is 5.73 Å². The van der Waals surface area contributed by atoms with Gasteiger partial charge in [-0.2, -0.15) is 0 Å². The molecule has 0 bridgehead atoms. The Kier molecular flexibility index (Phi) is 16.5. The minimum Gasteiger partial charge on any atom is -0.508 e. The van der Waals surface area contributed by atoms with Crippen LogP contribution >= 0.6 is 0 Å². The van der Waals surface area contributed by atoms with E-state index in [0.29, 0.717) is 35.0 Å². The molecule has 2 fully saturated rings. The van der Waals surface area contributed by atoms with E-state index >= 15 is 0 Å². The molecule has 0 aliphatic carbocycles. The van der Waals surface area contributed by atoms with Gasteiger partial charge in [0.1, 0.15) is 36.0 Å². The van der Waals surface area contributed by atoms with Gasteiger partial charge in [-0.1, -0.05) is 27.2 Å². The number of aryl methyl sites for hydroxylation is 1. The highest BCUT2D eigenvalue weighted by Gasteiger charge is 2.41. The molecule has 2 saturated heterocycles. The highest BCUT2D eigenvalue weighted by molar-refractivity contribution is 5.99. The monoisotopic (exact) mass is 856 g/mol. The van der Waals surface area contributed by atoms with Crippen molar-refractivity contribution >= 4 is 64.1 Å². The maximum absolute atomic E-state index is 14.3. The lowest BCUT2D eigenvalue weighted by Crippen LogP contribution is -2.61. The van der Waals surface area contributed by atoms with Crippen LogP contribution in [0.2, 0.25) is 0 Å². The molecule has 0 saturated carbocycles. The van der Waals surface area contributed by atoms with E-state index < -0.39 is 134 Å². The van der Waals surface area contributed by atoms with Gasteiger partial charge in [0.15, 0.2) is 0 Å². The van der Waals surface area contributed by atoms with Crippen molar-refractivity contribution in [3.63, 3.8) is 0 Å². The fourth-order valence-corrected chi connectivity index (χ4v) is 7.28. The molecule has 2 aliphatic heterocycles. The van der Waals surface area contributed by atoms with Gasteiger partial charge >= 0.3 is 0 Å². The number of aliphatic hydroxyl groups is 2. The predicted octanol–water partition coefficient (Wildman–Crippen LogP) is -4.07. The Hall–Kier alpha value is -6.29. The van der Waals surface area contributed by atoms with Gasteiger partial charge in [-0.3, -0.25) is 43.2 Å². The van der Waals surface area contributed by atoms with Gasteiger partial charge in [-0.25, -0.2) is 0 Å². The summed E-state index contributed by atoms with van der Waals surface area (Å²) in [5.74, 6) is -9.45. The fraction of sp³-hybridized carbons (Fsp3) is 0.564. The van der Waals surface area contributed by atoms with Gasteiger partial charge in [-0.05, 0) is 43.4 Å². The minimum atomic E-state index is -1.63. The van der Waals surface area contributed by atoms with Crippen LogP contribution < -0.4 is 43.0 Å². The number of benzene rings is 1. The third-order valence-corrected chi connectivity index (χ3v) is 11.0. The van der Waals surface area contributed by atoms with E-state index in [1.54, 1.807) is 26.8 Å². The Labute approximate surface area is 350 Å². The van der Waals surface area contributed by atoms with Crippen LogP contribution in [0.4, 0.5) is 0 Å². The number of phenols is 1. The molecule has 8 atom stereocenters. The molecular weight excluding hydrogens is 800 g/mol. The summed E-state index contributed by atoms with van der Waals surface area (Å²) in [6.45, 7) is 3.75.